The quantitative estimate of drug-likeness (QED) is 0.791. The molecule has 0 bridgehead atoms. The van der Waals surface area contributed by atoms with Crippen LogP contribution in [0.4, 0.5) is 13.2 Å². The standard InChI is InChI=1S/C18H20ClF3N4O/c1-13-16(19)11-26(23-13)12-17(27)25-7-5-24(6-8-25)10-14-3-2-4-15(9-14)18(20,21)22/h2-4,9,11H,5-8,10,12H2,1H3. The van der Waals surface area contributed by atoms with Gasteiger partial charge < -0.3 is 4.90 Å². The Morgan fingerprint density at radius 3 is 2.52 bits per heavy atom. The second kappa shape index (κ2) is 7.90. The van der Waals surface area contributed by atoms with Crippen LogP contribution >= 0.6 is 11.6 Å². The first-order chi connectivity index (χ1) is 12.7. The van der Waals surface area contributed by atoms with Gasteiger partial charge in [-0.05, 0) is 18.6 Å². The minimum atomic E-state index is -4.34. The van der Waals surface area contributed by atoms with Gasteiger partial charge in [0, 0.05) is 38.9 Å². The summed E-state index contributed by atoms with van der Waals surface area (Å²) in [4.78, 5) is 16.2. The molecule has 1 saturated heterocycles. The van der Waals surface area contributed by atoms with E-state index < -0.39 is 11.7 Å². The van der Waals surface area contributed by atoms with Crippen molar-refractivity contribution in [1.29, 1.82) is 0 Å². The van der Waals surface area contributed by atoms with Crippen molar-refractivity contribution in [1.82, 2.24) is 19.6 Å². The molecule has 1 aliphatic heterocycles. The summed E-state index contributed by atoms with van der Waals surface area (Å²) in [6.07, 6.45) is -2.71. The topological polar surface area (TPSA) is 41.4 Å². The molecule has 3 rings (SSSR count). The van der Waals surface area contributed by atoms with E-state index in [9.17, 15) is 18.0 Å². The SMILES string of the molecule is Cc1nn(CC(=O)N2CCN(Cc3cccc(C(F)(F)F)c3)CC2)cc1Cl. The van der Waals surface area contributed by atoms with Crippen LogP contribution in [0.1, 0.15) is 16.8 Å². The number of carbonyl (C=O) groups excluding carboxylic acids is 1. The fourth-order valence-corrected chi connectivity index (χ4v) is 3.22. The summed E-state index contributed by atoms with van der Waals surface area (Å²) in [5.74, 6) is -0.0483. The summed E-state index contributed by atoms with van der Waals surface area (Å²) >= 11 is 5.95. The number of amides is 1. The Balaban J connectivity index is 1.52. The monoisotopic (exact) mass is 400 g/mol. The summed E-state index contributed by atoms with van der Waals surface area (Å²) in [5, 5.41) is 4.70. The van der Waals surface area contributed by atoms with Gasteiger partial charge in [-0.15, -0.1) is 0 Å². The number of alkyl halides is 3. The Labute approximate surface area is 160 Å². The number of benzene rings is 1. The van der Waals surface area contributed by atoms with Crippen molar-refractivity contribution in [3.05, 3.63) is 52.3 Å². The maximum atomic E-state index is 12.8. The highest BCUT2D eigenvalue weighted by atomic mass is 35.5. The summed E-state index contributed by atoms with van der Waals surface area (Å²) in [7, 11) is 0. The Morgan fingerprint density at radius 2 is 1.93 bits per heavy atom. The average molecular weight is 401 g/mol. The van der Waals surface area contributed by atoms with Gasteiger partial charge in [-0.3, -0.25) is 14.4 Å². The van der Waals surface area contributed by atoms with E-state index in [1.165, 1.54) is 16.8 Å². The molecule has 0 saturated carbocycles. The van der Waals surface area contributed by atoms with Crippen LogP contribution in [0.15, 0.2) is 30.5 Å². The van der Waals surface area contributed by atoms with Crippen molar-refractivity contribution in [3.8, 4) is 0 Å². The van der Waals surface area contributed by atoms with E-state index >= 15 is 0 Å². The maximum absolute atomic E-state index is 12.8. The molecule has 1 aromatic carbocycles. The lowest BCUT2D eigenvalue weighted by atomic mass is 10.1. The number of rotatable bonds is 4. The van der Waals surface area contributed by atoms with Gasteiger partial charge in [0.2, 0.25) is 5.91 Å². The Morgan fingerprint density at radius 1 is 1.22 bits per heavy atom. The molecule has 1 fully saturated rings. The number of halogens is 4. The first kappa shape index (κ1) is 19.7. The molecule has 146 valence electrons. The molecule has 27 heavy (non-hydrogen) atoms. The van der Waals surface area contributed by atoms with Gasteiger partial charge in [0.25, 0.3) is 0 Å². The first-order valence-corrected chi connectivity index (χ1v) is 8.96. The van der Waals surface area contributed by atoms with Crippen molar-refractivity contribution in [2.24, 2.45) is 0 Å². The minimum Gasteiger partial charge on any atom is -0.339 e. The van der Waals surface area contributed by atoms with Crippen LogP contribution in [0, 0.1) is 6.92 Å². The van der Waals surface area contributed by atoms with Gasteiger partial charge in [0.05, 0.1) is 16.3 Å². The number of nitrogens with zero attached hydrogens (tertiary/aromatic N) is 4. The Kier molecular flexibility index (Phi) is 5.76. The molecule has 0 atom stereocenters. The van der Waals surface area contributed by atoms with Crippen LogP contribution in [-0.4, -0.2) is 51.7 Å². The minimum absolute atomic E-state index is 0.0483. The third-order valence-corrected chi connectivity index (χ3v) is 4.94. The van der Waals surface area contributed by atoms with Crippen LogP contribution in [-0.2, 0) is 24.1 Å². The highest BCUT2D eigenvalue weighted by Crippen LogP contribution is 2.29. The van der Waals surface area contributed by atoms with Crippen LogP contribution in [0.25, 0.3) is 0 Å². The highest BCUT2D eigenvalue weighted by molar-refractivity contribution is 6.31. The van der Waals surface area contributed by atoms with E-state index in [0.29, 0.717) is 49.0 Å². The number of aromatic nitrogens is 2. The zero-order valence-corrected chi connectivity index (χ0v) is 15.6. The van der Waals surface area contributed by atoms with Crippen LogP contribution in [0.2, 0.25) is 5.02 Å². The van der Waals surface area contributed by atoms with Crippen LogP contribution < -0.4 is 0 Å². The second-order valence-corrected chi connectivity index (χ2v) is 7.02. The van der Waals surface area contributed by atoms with Crippen molar-refractivity contribution in [3.63, 3.8) is 0 Å². The van der Waals surface area contributed by atoms with Gasteiger partial charge in [-0.25, -0.2) is 0 Å². The molecular formula is C18H20ClF3N4O. The van der Waals surface area contributed by atoms with Crippen LogP contribution in [0.5, 0.6) is 0 Å². The molecule has 0 N–H and O–H groups in total. The molecule has 0 aliphatic carbocycles. The molecule has 0 spiro atoms. The van der Waals surface area contributed by atoms with E-state index in [4.69, 9.17) is 11.6 Å². The molecule has 9 heteroatoms. The lowest BCUT2D eigenvalue weighted by Crippen LogP contribution is -2.49. The summed E-state index contributed by atoms with van der Waals surface area (Å²) < 4.78 is 40.0. The third kappa shape index (κ3) is 5.01. The van der Waals surface area contributed by atoms with E-state index in [1.807, 2.05) is 4.90 Å². The fourth-order valence-electron chi connectivity index (χ4n) is 3.07. The molecule has 0 unspecified atom stereocenters. The number of hydrogen-bond acceptors (Lipinski definition) is 3. The van der Waals surface area contributed by atoms with Crippen LogP contribution in [0.3, 0.4) is 0 Å². The zero-order chi connectivity index (χ0) is 19.6. The summed E-state index contributed by atoms with van der Waals surface area (Å²) in [6, 6.07) is 5.37. The average Bonchev–Trinajstić information content (AvgIpc) is 2.92. The van der Waals surface area contributed by atoms with Gasteiger partial charge >= 0.3 is 6.18 Å². The van der Waals surface area contributed by atoms with Gasteiger partial charge in [-0.2, -0.15) is 18.3 Å². The summed E-state index contributed by atoms with van der Waals surface area (Å²) in [6.45, 7) is 4.62. The van der Waals surface area contributed by atoms with Crippen molar-refractivity contribution >= 4 is 17.5 Å². The molecule has 1 amide bonds. The smallest absolute Gasteiger partial charge is 0.339 e. The highest BCUT2D eigenvalue weighted by Gasteiger charge is 2.30. The van der Waals surface area contributed by atoms with E-state index in [0.717, 1.165) is 6.07 Å². The molecule has 2 heterocycles. The summed E-state index contributed by atoms with van der Waals surface area (Å²) in [5.41, 5.74) is 0.656. The normalized spacial score (nSPS) is 16.0. The first-order valence-electron chi connectivity index (χ1n) is 8.58. The molecule has 2 aromatic rings. The van der Waals surface area contributed by atoms with Crippen molar-refractivity contribution in [2.45, 2.75) is 26.2 Å². The molecule has 1 aliphatic rings. The third-order valence-electron chi connectivity index (χ3n) is 4.57. The number of hydrogen-bond donors (Lipinski definition) is 0. The van der Waals surface area contributed by atoms with Crippen molar-refractivity contribution in [2.75, 3.05) is 26.2 Å². The number of piperazine rings is 1. The van der Waals surface area contributed by atoms with E-state index in [-0.39, 0.29) is 12.5 Å². The molecule has 5 nitrogen and oxygen atoms in total. The molecule has 1 aromatic heterocycles. The Hall–Kier alpha value is -2.06. The fraction of sp³-hybridized carbons (Fsp3) is 0.444. The lowest BCUT2D eigenvalue weighted by molar-refractivity contribution is -0.137. The number of aryl methyl sites for hydroxylation is 1. The lowest BCUT2D eigenvalue weighted by Gasteiger charge is -2.34. The zero-order valence-electron chi connectivity index (χ0n) is 14.8. The maximum Gasteiger partial charge on any atom is 0.416 e. The van der Waals surface area contributed by atoms with Gasteiger partial charge in [0.15, 0.2) is 0 Å². The predicted molar refractivity (Wildman–Crippen MR) is 95.3 cm³/mol. The second-order valence-electron chi connectivity index (χ2n) is 6.62. The van der Waals surface area contributed by atoms with Gasteiger partial charge in [-0.1, -0.05) is 29.8 Å². The molecule has 0 radical (unpaired) electrons. The Bertz CT molecular complexity index is 794. The van der Waals surface area contributed by atoms with Crippen molar-refractivity contribution < 1.29 is 18.0 Å². The number of carbonyl (C=O) groups is 1. The predicted octanol–water partition coefficient (Wildman–Crippen LogP) is 3.21. The van der Waals surface area contributed by atoms with E-state index in [1.54, 1.807) is 24.1 Å². The largest absolute Gasteiger partial charge is 0.416 e. The van der Waals surface area contributed by atoms with Gasteiger partial charge in [0.1, 0.15) is 6.54 Å². The molecular weight excluding hydrogens is 381 g/mol. The van der Waals surface area contributed by atoms with E-state index in [2.05, 4.69) is 5.10 Å².